The van der Waals surface area contributed by atoms with Crippen LogP contribution < -0.4 is 4.74 Å². The normalized spacial score (nSPS) is 25.2. The van der Waals surface area contributed by atoms with E-state index in [0.29, 0.717) is 17.9 Å². The fourth-order valence-corrected chi connectivity index (χ4v) is 5.01. The van der Waals surface area contributed by atoms with E-state index in [1.165, 1.54) is 24.8 Å². The summed E-state index contributed by atoms with van der Waals surface area (Å²) >= 11 is 0. The lowest BCUT2D eigenvalue weighted by atomic mass is 9.75. The van der Waals surface area contributed by atoms with Crippen LogP contribution >= 0.6 is 0 Å². The van der Waals surface area contributed by atoms with Gasteiger partial charge in [0, 0.05) is 30.1 Å². The van der Waals surface area contributed by atoms with E-state index < -0.39 is 0 Å². The van der Waals surface area contributed by atoms with Crippen molar-refractivity contribution < 1.29 is 9.53 Å². The molecule has 2 atom stereocenters. The van der Waals surface area contributed by atoms with Gasteiger partial charge in [0.25, 0.3) is 0 Å². The molecule has 0 spiro atoms. The quantitative estimate of drug-likeness (QED) is 0.699. The molecule has 0 aliphatic carbocycles. The van der Waals surface area contributed by atoms with Crippen molar-refractivity contribution in [2.75, 3.05) is 7.11 Å². The average Bonchev–Trinajstić information content (AvgIpc) is 2.68. The summed E-state index contributed by atoms with van der Waals surface area (Å²) < 4.78 is 5.34. The van der Waals surface area contributed by atoms with E-state index >= 15 is 0 Å². The molecule has 2 aliphatic rings. The Morgan fingerprint density at radius 2 is 1.78 bits per heavy atom. The highest BCUT2D eigenvalue weighted by Crippen LogP contribution is 2.39. The van der Waals surface area contributed by atoms with E-state index in [4.69, 9.17) is 4.74 Å². The lowest BCUT2D eigenvalue weighted by Gasteiger charge is -2.48. The number of ketones is 1. The van der Waals surface area contributed by atoms with Gasteiger partial charge in [0.15, 0.2) is 5.78 Å². The fraction of sp³-hybridized carbons (Fsp3) is 0.458. The van der Waals surface area contributed by atoms with Crippen LogP contribution in [0.1, 0.15) is 53.6 Å². The van der Waals surface area contributed by atoms with Crippen molar-refractivity contribution in [3.05, 3.63) is 65.2 Å². The van der Waals surface area contributed by atoms with Gasteiger partial charge >= 0.3 is 0 Å². The van der Waals surface area contributed by atoms with Crippen LogP contribution in [0.25, 0.3) is 0 Å². The Labute approximate surface area is 162 Å². The smallest absolute Gasteiger partial charge is 0.166 e. The molecule has 0 aromatic heterocycles. The van der Waals surface area contributed by atoms with Gasteiger partial charge < -0.3 is 4.74 Å². The van der Waals surface area contributed by atoms with Crippen molar-refractivity contribution in [1.29, 1.82) is 0 Å². The van der Waals surface area contributed by atoms with Gasteiger partial charge in [0.05, 0.1) is 7.11 Å². The molecule has 2 fully saturated rings. The van der Waals surface area contributed by atoms with Crippen LogP contribution in [0.2, 0.25) is 0 Å². The Kier molecular flexibility index (Phi) is 5.31. The highest BCUT2D eigenvalue weighted by atomic mass is 16.5. The Balaban J connectivity index is 1.49. The lowest BCUT2D eigenvalue weighted by molar-refractivity contribution is 0.00906. The summed E-state index contributed by atoms with van der Waals surface area (Å²) in [7, 11) is 1.67. The molecule has 0 amide bonds. The summed E-state index contributed by atoms with van der Waals surface area (Å²) in [5, 5.41) is 0. The maximum absolute atomic E-state index is 13.2. The molecule has 142 valence electrons. The van der Waals surface area contributed by atoms with Crippen molar-refractivity contribution in [3.63, 3.8) is 0 Å². The number of nitrogens with zero attached hydrogens (tertiary/aromatic N) is 1. The lowest BCUT2D eigenvalue weighted by Crippen LogP contribution is -2.52. The number of hydrogen-bond acceptors (Lipinski definition) is 3. The zero-order valence-corrected chi connectivity index (χ0v) is 16.4. The summed E-state index contributed by atoms with van der Waals surface area (Å²) in [6.45, 7) is 3.02. The van der Waals surface area contributed by atoms with E-state index in [1.807, 2.05) is 25.1 Å². The second kappa shape index (κ2) is 7.85. The highest BCUT2D eigenvalue weighted by molar-refractivity contribution is 5.98. The first-order chi connectivity index (χ1) is 13.2. The van der Waals surface area contributed by atoms with E-state index in [9.17, 15) is 4.79 Å². The predicted octanol–water partition coefficient (Wildman–Crippen LogP) is 5.02. The predicted molar refractivity (Wildman–Crippen MR) is 108 cm³/mol. The molecule has 2 bridgehead atoms. The van der Waals surface area contributed by atoms with Gasteiger partial charge in [-0.3, -0.25) is 9.69 Å². The number of methoxy groups -OCH3 is 1. The summed E-state index contributed by atoms with van der Waals surface area (Å²) in [6.07, 6.45) is 5.72. The second-order valence-electron chi connectivity index (χ2n) is 8.11. The number of benzene rings is 2. The number of hydrogen-bond donors (Lipinski definition) is 0. The van der Waals surface area contributed by atoms with Gasteiger partial charge in [-0.05, 0) is 61.9 Å². The maximum atomic E-state index is 13.2. The molecule has 0 saturated carbocycles. The first kappa shape index (κ1) is 18.2. The summed E-state index contributed by atoms with van der Waals surface area (Å²) in [5.41, 5.74) is 3.25. The van der Waals surface area contributed by atoms with Crippen molar-refractivity contribution >= 4 is 5.78 Å². The number of Topliss-reactive ketones (excluding diaryl/α,β-unsaturated/α-hetero) is 1. The summed E-state index contributed by atoms with van der Waals surface area (Å²) in [6, 6.07) is 17.7. The summed E-state index contributed by atoms with van der Waals surface area (Å²) in [4.78, 5) is 15.9. The molecule has 4 rings (SSSR count). The SMILES string of the molecule is COc1ccc(C(=O)C2CC3CCCC(C2)N3Cc2ccccc2)cc1C. The zero-order chi connectivity index (χ0) is 18.8. The molecule has 2 saturated heterocycles. The van der Waals surface area contributed by atoms with Crippen molar-refractivity contribution in [2.24, 2.45) is 5.92 Å². The Morgan fingerprint density at radius 3 is 2.41 bits per heavy atom. The topological polar surface area (TPSA) is 29.5 Å². The Hall–Kier alpha value is -2.13. The molecule has 3 heteroatoms. The molecule has 2 aromatic carbocycles. The molecule has 27 heavy (non-hydrogen) atoms. The van der Waals surface area contributed by atoms with Crippen LogP contribution in [-0.2, 0) is 6.54 Å². The fourth-order valence-electron chi connectivity index (χ4n) is 5.01. The minimum Gasteiger partial charge on any atom is -0.496 e. The van der Waals surface area contributed by atoms with Crippen LogP contribution in [0.3, 0.4) is 0 Å². The molecule has 0 radical (unpaired) electrons. The van der Waals surface area contributed by atoms with Crippen molar-refractivity contribution in [3.8, 4) is 5.75 Å². The average molecular weight is 364 g/mol. The van der Waals surface area contributed by atoms with Crippen molar-refractivity contribution in [2.45, 2.75) is 57.7 Å². The standard InChI is InChI=1S/C24H29NO2/c1-17-13-19(11-12-23(17)27-2)24(26)20-14-21-9-6-10-22(15-20)25(21)16-18-7-4-3-5-8-18/h3-5,7-8,11-13,20-22H,6,9-10,14-16H2,1-2H3. The number of ether oxygens (including phenoxy) is 1. The zero-order valence-electron chi connectivity index (χ0n) is 16.4. The number of carbonyl (C=O) groups excluding carboxylic acids is 1. The highest BCUT2D eigenvalue weighted by Gasteiger charge is 2.40. The molecular weight excluding hydrogens is 334 g/mol. The third-order valence-corrected chi connectivity index (χ3v) is 6.38. The number of piperidine rings is 2. The molecule has 0 N–H and O–H groups in total. The molecule has 2 unspecified atom stereocenters. The number of aryl methyl sites for hydroxylation is 1. The van der Waals surface area contributed by atoms with Crippen molar-refractivity contribution in [1.82, 2.24) is 4.90 Å². The minimum absolute atomic E-state index is 0.153. The van der Waals surface area contributed by atoms with Gasteiger partial charge in [-0.1, -0.05) is 36.8 Å². The van der Waals surface area contributed by atoms with E-state index in [1.54, 1.807) is 7.11 Å². The van der Waals surface area contributed by atoms with Crippen LogP contribution in [0.4, 0.5) is 0 Å². The van der Waals surface area contributed by atoms with Crippen LogP contribution in [-0.4, -0.2) is 29.9 Å². The third kappa shape index (κ3) is 3.79. The van der Waals surface area contributed by atoms with Gasteiger partial charge in [-0.2, -0.15) is 0 Å². The first-order valence-corrected chi connectivity index (χ1v) is 10.1. The van der Waals surface area contributed by atoms with Crippen LogP contribution in [0, 0.1) is 12.8 Å². The summed E-state index contributed by atoms with van der Waals surface area (Å²) in [5.74, 6) is 1.32. The van der Waals surface area contributed by atoms with E-state index in [0.717, 1.165) is 36.3 Å². The van der Waals surface area contributed by atoms with Gasteiger partial charge in [-0.15, -0.1) is 0 Å². The monoisotopic (exact) mass is 363 g/mol. The molecule has 3 nitrogen and oxygen atoms in total. The van der Waals surface area contributed by atoms with Gasteiger partial charge in [-0.25, -0.2) is 0 Å². The van der Waals surface area contributed by atoms with Crippen LogP contribution in [0.15, 0.2) is 48.5 Å². The molecule has 2 aliphatic heterocycles. The minimum atomic E-state index is 0.153. The van der Waals surface area contributed by atoms with E-state index in [2.05, 4.69) is 35.2 Å². The Morgan fingerprint density at radius 1 is 1.07 bits per heavy atom. The largest absolute Gasteiger partial charge is 0.496 e. The Bertz CT molecular complexity index is 787. The second-order valence-corrected chi connectivity index (χ2v) is 8.11. The number of rotatable bonds is 5. The van der Waals surface area contributed by atoms with Crippen LogP contribution in [0.5, 0.6) is 5.75 Å². The van der Waals surface area contributed by atoms with Gasteiger partial charge in [0.1, 0.15) is 5.75 Å². The molecule has 2 aromatic rings. The maximum Gasteiger partial charge on any atom is 0.166 e. The molecule has 2 heterocycles. The molecular formula is C24H29NO2. The third-order valence-electron chi connectivity index (χ3n) is 6.38. The number of carbonyl (C=O) groups is 1. The number of fused-ring (bicyclic) bond motifs is 2. The van der Waals surface area contributed by atoms with Gasteiger partial charge in [0.2, 0.25) is 0 Å². The first-order valence-electron chi connectivity index (χ1n) is 10.1. The van der Waals surface area contributed by atoms with E-state index in [-0.39, 0.29) is 5.92 Å².